The van der Waals surface area contributed by atoms with Gasteiger partial charge in [0.25, 0.3) is 0 Å². The Balaban J connectivity index is 1.98. The molecule has 0 bridgehead atoms. The van der Waals surface area contributed by atoms with Crippen molar-refractivity contribution < 1.29 is 4.79 Å². The van der Waals surface area contributed by atoms with Crippen LogP contribution in [0, 0.1) is 5.92 Å². The first-order valence-corrected chi connectivity index (χ1v) is 7.53. The summed E-state index contributed by atoms with van der Waals surface area (Å²) in [5.74, 6) is 0.972. The van der Waals surface area contributed by atoms with E-state index >= 15 is 0 Å². The molecule has 0 amide bonds. The van der Waals surface area contributed by atoms with Crippen LogP contribution in [0.1, 0.15) is 43.5 Å². The third-order valence-corrected chi connectivity index (χ3v) is 4.32. The second-order valence-corrected chi connectivity index (χ2v) is 5.92. The zero-order valence-electron chi connectivity index (χ0n) is 11.7. The Hall–Kier alpha value is -0.860. The van der Waals surface area contributed by atoms with E-state index in [1.165, 1.54) is 19.3 Å². The summed E-state index contributed by atoms with van der Waals surface area (Å²) in [4.78, 5) is 14.7. The van der Waals surface area contributed by atoms with E-state index in [9.17, 15) is 4.79 Å². The maximum Gasteiger partial charge on any atom is 0.179 e. The first-order valence-electron chi connectivity index (χ1n) is 7.15. The fourth-order valence-corrected chi connectivity index (χ4v) is 3.01. The van der Waals surface area contributed by atoms with E-state index in [0.29, 0.717) is 5.02 Å². The van der Waals surface area contributed by atoms with Crippen LogP contribution in [0.5, 0.6) is 0 Å². The van der Waals surface area contributed by atoms with Gasteiger partial charge in [-0.05, 0) is 56.5 Å². The maximum atomic E-state index is 12.4. The van der Waals surface area contributed by atoms with Crippen LogP contribution in [0.15, 0.2) is 24.3 Å². The van der Waals surface area contributed by atoms with E-state index in [1.54, 1.807) is 12.1 Å². The monoisotopic (exact) mass is 279 g/mol. The number of rotatable bonds is 5. The highest BCUT2D eigenvalue weighted by atomic mass is 35.5. The minimum Gasteiger partial charge on any atom is -0.293 e. The summed E-state index contributed by atoms with van der Waals surface area (Å²) in [5.41, 5.74) is 0.760. The SMILES string of the molecule is CCCC1CCN(C(C)C(=O)c2ccc(Cl)cc2)C1. The Labute approximate surface area is 120 Å². The van der Waals surface area contributed by atoms with Crippen LogP contribution in [0.2, 0.25) is 5.02 Å². The number of nitrogens with zero attached hydrogens (tertiary/aromatic N) is 1. The van der Waals surface area contributed by atoms with Crippen molar-refractivity contribution in [3.8, 4) is 0 Å². The molecule has 1 aliphatic heterocycles. The number of ketones is 1. The van der Waals surface area contributed by atoms with Crippen LogP contribution in [0.3, 0.4) is 0 Å². The van der Waals surface area contributed by atoms with Crippen molar-refractivity contribution in [1.29, 1.82) is 0 Å². The number of benzene rings is 1. The lowest BCUT2D eigenvalue weighted by Crippen LogP contribution is -2.37. The fraction of sp³-hybridized carbons (Fsp3) is 0.562. The molecule has 0 radical (unpaired) electrons. The number of carbonyl (C=O) groups excluding carboxylic acids is 1. The summed E-state index contributed by atoms with van der Waals surface area (Å²) in [6.07, 6.45) is 3.74. The lowest BCUT2D eigenvalue weighted by molar-refractivity contribution is 0.0862. The molecule has 3 heteroatoms. The summed E-state index contributed by atoms with van der Waals surface area (Å²) in [6, 6.07) is 7.18. The minimum absolute atomic E-state index is 0.0250. The van der Waals surface area contributed by atoms with Crippen LogP contribution >= 0.6 is 11.6 Å². The minimum atomic E-state index is -0.0250. The van der Waals surface area contributed by atoms with Crippen LogP contribution in [-0.2, 0) is 0 Å². The lowest BCUT2D eigenvalue weighted by Gasteiger charge is -2.23. The third-order valence-electron chi connectivity index (χ3n) is 4.07. The first-order chi connectivity index (χ1) is 9.11. The third kappa shape index (κ3) is 3.58. The molecule has 1 aliphatic rings. The molecule has 2 nitrogen and oxygen atoms in total. The molecule has 0 aromatic heterocycles. The van der Waals surface area contributed by atoms with Gasteiger partial charge in [-0.1, -0.05) is 24.9 Å². The number of Topliss-reactive ketones (excluding diaryl/α,β-unsaturated/α-hetero) is 1. The van der Waals surface area contributed by atoms with Gasteiger partial charge in [-0.15, -0.1) is 0 Å². The van der Waals surface area contributed by atoms with Gasteiger partial charge in [0.05, 0.1) is 6.04 Å². The zero-order chi connectivity index (χ0) is 13.8. The summed E-state index contributed by atoms with van der Waals surface area (Å²) in [5, 5.41) is 0.674. The Morgan fingerprint density at radius 1 is 1.42 bits per heavy atom. The van der Waals surface area contributed by atoms with Gasteiger partial charge in [-0.3, -0.25) is 9.69 Å². The number of carbonyl (C=O) groups is 1. The highest BCUT2D eigenvalue weighted by molar-refractivity contribution is 6.30. The van der Waals surface area contributed by atoms with Crippen molar-refractivity contribution in [2.45, 2.75) is 39.2 Å². The molecule has 2 rings (SSSR count). The van der Waals surface area contributed by atoms with Crippen molar-refractivity contribution >= 4 is 17.4 Å². The molecular weight excluding hydrogens is 258 g/mol. The second kappa shape index (κ2) is 6.53. The Morgan fingerprint density at radius 3 is 2.74 bits per heavy atom. The molecule has 1 saturated heterocycles. The predicted octanol–water partition coefficient (Wildman–Crippen LogP) is 4.03. The van der Waals surface area contributed by atoms with Crippen LogP contribution in [0.25, 0.3) is 0 Å². The smallest absolute Gasteiger partial charge is 0.179 e. The zero-order valence-corrected chi connectivity index (χ0v) is 12.5. The van der Waals surface area contributed by atoms with E-state index in [0.717, 1.165) is 24.6 Å². The molecule has 1 aromatic carbocycles. The average Bonchev–Trinajstić information content (AvgIpc) is 2.87. The predicted molar refractivity (Wildman–Crippen MR) is 79.8 cm³/mol. The Morgan fingerprint density at radius 2 is 2.11 bits per heavy atom. The number of likely N-dealkylation sites (tertiary alicyclic amines) is 1. The van der Waals surface area contributed by atoms with Gasteiger partial charge in [0.1, 0.15) is 0 Å². The molecule has 104 valence electrons. The molecule has 1 aromatic rings. The number of halogens is 1. The van der Waals surface area contributed by atoms with Crippen LogP contribution in [0.4, 0.5) is 0 Å². The molecule has 2 atom stereocenters. The number of hydrogen-bond donors (Lipinski definition) is 0. The fourth-order valence-electron chi connectivity index (χ4n) is 2.88. The largest absolute Gasteiger partial charge is 0.293 e. The lowest BCUT2D eigenvalue weighted by atomic mass is 10.0. The van der Waals surface area contributed by atoms with Gasteiger partial charge in [0, 0.05) is 17.1 Å². The van der Waals surface area contributed by atoms with E-state index in [4.69, 9.17) is 11.6 Å². The van der Waals surface area contributed by atoms with Crippen LogP contribution < -0.4 is 0 Å². The van der Waals surface area contributed by atoms with Crippen molar-refractivity contribution in [2.24, 2.45) is 5.92 Å². The molecule has 1 heterocycles. The maximum absolute atomic E-state index is 12.4. The summed E-state index contributed by atoms with van der Waals surface area (Å²) in [6.45, 7) is 6.36. The molecule has 1 fully saturated rings. The van der Waals surface area contributed by atoms with Crippen molar-refractivity contribution in [3.63, 3.8) is 0 Å². The van der Waals surface area contributed by atoms with Crippen LogP contribution in [-0.4, -0.2) is 29.8 Å². The van der Waals surface area contributed by atoms with Gasteiger partial charge in [0.2, 0.25) is 0 Å². The normalized spacial score (nSPS) is 21.5. The molecule has 19 heavy (non-hydrogen) atoms. The molecule has 0 saturated carbocycles. The highest BCUT2D eigenvalue weighted by Crippen LogP contribution is 2.24. The first kappa shape index (κ1) is 14.5. The molecule has 0 spiro atoms. The molecule has 2 unspecified atom stereocenters. The van der Waals surface area contributed by atoms with Crippen molar-refractivity contribution in [2.75, 3.05) is 13.1 Å². The number of hydrogen-bond acceptors (Lipinski definition) is 2. The van der Waals surface area contributed by atoms with E-state index < -0.39 is 0 Å². The van der Waals surface area contributed by atoms with Gasteiger partial charge in [-0.2, -0.15) is 0 Å². The Kier molecular flexibility index (Phi) is 5.00. The second-order valence-electron chi connectivity index (χ2n) is 5.49. The van der Waals surface area contributed by atoms with E-state index in [2.05, 4.69) is 11.8 Å². The van der Waals surface area contributed by atoms with Gasteiger partial charge in [-0.25, -0.2) is 0 Å². The van der Waals surface area contributed by atoms with Gasteiger partial charge >= 0.3 is 0 Å². The summed E-state index contributed by atoms with van der Waals surface area (Å²) in [7, 11) is 0. The van der Waals surface area contributed by atoms with Gasteiger partial charge < -0.3 is 0 Å². The van der Waals surface area contributed by atoms with Gasteiger partial charge in [0.15, 0.2) is 5.78 Å². The standard InChI is InChI=1S/C16H22ClNO/c1-3-4-13-9-10-18(11-13)12(2)16(19)14-5-7-15(17)8-6-14/h5-8,12-13H,3-4,9-11H2,1-2H3. The topological polar surface area (TPSA) is 20.3 Å². The van der Waals surface area contributed by atoms with E-state index in [1.807, 2.05) is 19.1 Å². The Bertz CT molecular complexity index is 429. The molecule has 0 aliphatic carbocycles. The highest BCUT2D eigenvalue weighted by Gasteiger charge is 2.29. The average molecular weight is 280 g/mol. The summed E-state index contributed by atoms with van der Waals surface area (Å²) < 4.78 is 0. The summed E-state index contributed by atoms with van der Waals surface area (Å²) >= 11 is 5.86. The molecular formula is C16H22ClNO. The van der Waals surface area contributed by atoms with Crippen molar-refractivity contribution in [1.82, 2.24) is 4.90 Å². The van der Waals surface area contributed by atoms with Crippen molar-refractivity contribution in [3.05, 3.63) is 34.9 Å². The molecule has 0 N–H and O–H groups in total. The quantitative estimate of drug-likeness (QED) is 0.759. The van der Waals surface area contributed by atoms with E-state index in [-0.39, 0.29) is 11.8 Å².